The molecule has 30 heavy (non-hydrogen) atoms. The third kappa shape index (κ3) is 5.04. The first kappa shape index (κ1) is 21.7. The number of hydrogen-bond acceptors (Lipinski definition) is 5. The number of pyridine rings is 1. The number of aryl methyl sites for hydroxylation is 1. The number of hydrogen-bond donors (Lipinski definition) is 0. The molecule has 0 bridgehead atoms. The fourth-order valence-electron chi connectivity index (χ4n) is 5.38. The molecule has 3 fully saturated rings. The van der Waals surface area contributed by atoms with E-state index in [-0.39, 0.29) is 11.5 Å². The molecule has 0 aromatic carbocycles. The van der Waals surface area contributed by atoms with Crippen molar-refractivity contribution in [3.63, 3.8) is 0 Å². The molecule has 6 heteroatoms. The summed E-state index contributed by atoms with van der Waals surface area (Å²) in [6.07, 6.45) is 5.85. The van der Waals surface area contributed by atoms with Crippen molar-refractivity contribution in [1.29, 1.82) is 0 Å². The Balaban J connectivity index is 1.30. The molecule has 0 saturated carbocycles. The van der Waals surface area contributed by atoms with Crippen LogP contribution in [0.5, 0.6) is 0 Å². The molecular weight excluding hydrogens is 376 g/mol. The molecule has 0 N–H and O–H groups in total. The fraction of sp³-hybridized carbons (Fsp3) is 0.750. The van der Waals surface area contributed by atoms with Gasteiger partial charge < -0.3 is 14.5 Å². The van der Waals surface area contributed by atoms with Crippen molar-refractivity contribution in [3.8, 4) is 0 Å². The highest BCUT2D eigenvalue weighted by Crippen LogP contribution is 2.37. The average molecular weight is 415 g/mol. The number of amides is 1. The van der Waals surface area contributed by atoms with Crippen LogP contribution < -0.4 is 0 Å². The van der Waals surface area contributed by atoms with E-state index in [4.69, 9.17) is 4.74 Å². The summed E-state index contributed by atoms with van der Waals surface area (Å²) in [6.45, 7) is 14.9. The molecule has 1 aromatic heterocycles. The molecule has 0 radical (unpaired) electrons. The van der Waals surface area contributed by atoms with Crippen LogP contribution in [0.1, 0.15) is 55.6 Å². The van der Waals surface area contributed by atoms with Crippen molar-refractivity contribution in [2.75, 3.05) is 52.4 Å². The monoisotopic (exact) mass is 414 g/mol. The van der Waals surface area contributed by atoms with Crippen LogP contribution in [-0.4, -0.2) is 89.7 Å². The summed E-state index contributed by atoms with van der Waals surface area (Å²) in [7, 11) is 0. The van der Waals surface area contributed by atoms with E-state index in [1.165, 1.54) is 32.7 Å². The van der Waals surface area contributed by atoms with Gasteiger partial charge in [-0.05, 0) is 50.7 Å². The second kappa shape index (κ2) is 9.33. The SMILES string of the molecule is Cc1ccc(C(=O)N2CCC3(CC2)CC(N2CCN(CC(C)C)CC2)CCO3)cn1. The Labute approximate surface area is 181 Å². The Morgan fingerprint density at radius 2 is 1.90 bits per heavy atom. The van der Waals surface area contributed by atoms with E-state index in [1.807, 2.05) is 24.0 Å². The van der Waals surface area contributed by atoms with Crippen LogP contribution >= 0.6 is 0 Å². The van der Waals surface area contributed by atoms with Crippen LogP contribution in [0, 0.1) is 12.8 Å². The highest BCUT2D eigenvalue weighted by Gasteiger charge is 2.43. The second-order valence-corrected chi connectivity index (χ2v) is 9.89. The molecule has 1 atom stereocenters. The van der Waals surface area contributed by atoms with E-state index in [2.05, 4.69) is 28.6 Å². The molecular formula is C24H38N4O2. The number of piperidine rings is 1. The number of carbonyl (C=O) groups is 1. The van der Waals surface area contributed by atoms with Gasteiger partial charge in [0.25, 0.3) is 5.91 Å². The Morgan fingerprint density at radius 3 is 2.53 bits per heavy atom. The Bertz CT molecular complexity index is 704. The van der Waals surface area contributed by atoms with Gasteiger partial charge in [0.05, 0.1) is 11.2 Å². The molecule has 3 saturated heterocycles. The molecule has 4 rings (SSSR count). The lowest BCUT2D eigenvalue weighted by Crippen LogP contribution is -2.57. The Morgan fingerprint density at radius 1 is 1.17 bits per heavy atom. The first-order valence-electron chi connectivity index (χ1n) is 11.8. The summed E-state index contributed by atoms with van der Waals surface area (Å²) in [5.74, 6) is 0.845. The van der Waals surface area contributed by atoms with Crippen LogP contribution in [0.25, 0.3) is 0 Å². The zero-order valence-corrected chi connectivity index (χ0v) is 19.0. The van der Waals surface area contributed by atoms with Crippen molar-refractivity contribution in [1.82, 2.24) is 19.7 Å². The number of aromatic nitrogens is 1. The molecule has 1 unspecified atom stereocenters. The number of ether oxygens (including phenoxy) is 1. The Kier molecular flexibility index (Phi) is 6.75. The maximum absolute atomic E-state index is 12.8. The summed E-state index contributed by atoms with van der Waals surface area (Å²) in [5.41, 5.74) is 1.59. The smallest absolute Gasteiger partial charge is 0.255 e. The van der Waals surface area contributed by atoms with E-state index >= 15 is 0 Å². The summed E-state index contributed by atoms with van der Waals surface area (Å²) in [4.78, 5) is 24.4. The van der Waals surface area contributed by atoms with E-state index in [0.717, 1.165) is 57.0 Å². The number of rotatable bonds is 4. The van der Waals surface area contributed by atoms with Gasteiger partial charge in [-0.3, -0.25) is 14.7 Å². The minimum Gasteiger partial charge on any atom is -0.375 e. The predicted octanol–water partition coefficient (Wildman–Crippen LogP) is 2.82. The van der Waals surface area contributed by atoms with Crippen molar-refractivity contribution in [2.45, 2.75) is 58.1 Å². The Hall–Kier alpha value is -1.50. The third-order valence-electron chi connectivity index (χ3n) is 7.13. The second-order valence-electron chi connectivity index (χ2n) is 9.89. The van der Waals surface area contributed by atoms with Gasteiger partial charge in [0.15, 0.2) is 0 Å². The molecule has 4 heterocycles. The molecule has 6 nitrogen and oxygen atoms in total. The van der Waals surface area contributed by atoms with Crippen molar-refractivity contribution < 1.29 is 9.53 Å². The third-order valence-corrected chi connectivity index (χ3v) is 7.13. The first-order valence-corrected chi connectivity index (χ1v) is 11.8. The van der Waals surface area contributed by atoms with Crippen molar-refractivity contribution >= 4 is 5.91 Å². The van der Waals surface area contributed by atoms with Crippen LogP contribution in [0.15, 0.2) is 18.3 Å². The van der Waals surface area contributed by atoms with Crippen LogP contribution in [0.3, 0.4) is 0 Å². The van der Waals surface area contributed by atoms with E-state index in [0.29, 0.717) is 11.6 Å². The molecule has 0 aliphatic carbocycles. The van der Waals surface area contributed by atoms with Crippen molar-refractivity contribution in [2.24, 2.45) is 5.92 Å². The summed E-state index contributed by atoms with van der Waals surface area (Å²) in [6, 6.07) is 4.43. The summed E-state index contributed by atoms with van der Waals surface area (Å²) in [5, 5.41) is 0. The highest BCUT2D eigenvalue weighted by atomic mass is 16.5. The van der Waals surface area contributed by atoms with Gasteiger partial charge in [0.1, 0.15) is 0 Å². The first-order chi connectivity index (χ1) is 14.4. The van der Waals surface area contributed by atoms with Gasteiger partial charge in [-0.2, -0.15) is 0 Å². The number of nitrogens with zero attached hydrogens (tertiary/aromatic N) is 4. The molecule has 1 aromatic rings. The van der Waals surface area contributed by atoms with Crippen LogP contribution in [0.4, 0.5) is 0 Å². The summed E-state index contributed by atoms with van der Waals surface area (Å²) >= 11 is 0. The van der Waals surface area contributed by atoms with Gasteiger partial charge in [0, 0.05) is 70.4 Å². The molecule has 166 valence electrons. The highest BCUT2D eigenvalue weighted by molar-refractivity contribution is 5.94. The van der Waals surface area contributed by atoms with Gasteiger partial charge in [0.2, 0.25) is 0 Å². The van der Waals surface area contributed by atoms with Gasteiger partial charge in [-0.25, -0.2) is 0 Å². The normalized spacial score (nSPS) is 25.7. The molecule has 1 spiro atoms. The molecule has 3 aliphatic rings. The summed E-state index contributed by atoms with van der Waals surface area (Å²) < 4.78 is 6.36. The van der Waals surface area contributed by atoms with Crippen LogP contribution in [0.2, 0.25) is 0 Å². The maximum atomic E-state index is 12.8. The maximum Gasteiger partial charge on any atom is 0.255 e. The average Bonchev–Trinajstić information content (AvgIpc) is 2.75. The van der Waals surface area contributed by atoms with E-state index in [9.17, 15) is 4.79 Å². The van der Waals surface area contributed by atoms with Crippen molar-refractivity contribution in [3.05, 3.63) is 29.6 Å². The lowest BCUT2D eigenvalue weighted by molar-refractivity contribution is -0.132. The van der Waals surface area contributed by atoms with E-state index < -0.39 is 0 Å². The molecule has 1 amide bonds. The predicted molar refractivity (Wildman–Crippen MR) is 119 cm³/mol. The topological polar surface area (TPSA) is 48.9 Å². The number of piperazine rings is 1. The minimum atomic E-state index is -0.0414. The van der Waals surface area contributed by atoms with Gasteiger partial charge in [-0.15, -0.1) is 0 Å². The van der Waals surface area contributed by atoms with Gasteiger partial charge >= 0.3 is 0 Å². The fourth-order valence-corrected chi connectivity index (χ4v) is 5.38. The number of carbonyl (C=O) groups excluding carboxylic acids is 1. The minimum absolute atomic E-state index is 0.0414. The number of likely N-dealkylation sites (tertiary alicyclic amines) is 1. The standard InChI is InChI=1S/C24H38N4O2/c1-19(2)18-26-11-13-27(14-12-26)22-6-15-30-24(16-22)7-9-28(10-8-24)23(29)21-5-4-20(3)25-17-21/h4-5,17,19,22H,6-16,18H2,1-3H3. The quantitative estimate of drug-likeness (QED) is 0.758. The zero-order chi connectivity index (χ0) is 21.1. The van der Waals surface area contributed by atoms with Gasteiger partial charge in [-0.1, -0.05) is 13.8 Å². The van der Waals surface area contributed by atoms with E-state index in [1.54, 1.807) is 6.20 Å². The lowest BCUT2D eigenvalue weighted by Gasteiger charge is -2.49. The lowest BCUT2D eigenvalue weighted by atomic mass is 9.81. The van der Waals surface area contributed by atoms with Crippen LogP contribution in [-0.2, 0) is 4.74 Å². The largest absolute Gasteiger partial charge is 0.375 e. The molecule has 3 aliphatic heterocycles. The zero-order valence-electron chi connectivity index (χ0n) is 19.0.